The van der Waals surface area contributed by atoms with Crippen molar-refractivity contribution in [2.45, 2.75) is 0 Å². The summed E-state index contributed by atoms with van der Waals surface area (Å²) in [7, 11) is 0. The maximum atomic E-state index is 10.3. The molecule has 0 unspecified atom stereocenters. The zero-order valence-electron chi connectivity index (χ0n) is 6.34. The highest BCUT2D eigenvalue weighted by Crippen LogP contribution is 2.26. The maximum Gasteiger partial charge on any atom is 0.375 e. The van der Waals surface area contributed by atoms with Crippen LogP contribution in [0, 0.1) is 10.1 Å². The van der Waals surface area contributed by atoms with Crippen LogP contribution >= 0.6 is 11.3 Å². The molecule has 2 rings (SSSR count). The van der Waals surface area contributed by atoms with Crippen LogP contribution in [0.3, 0.4) is 0 Å². The average molecular weight is 196 g/mol. The van der Waals surface area contributed by atoms with Gasteiger partial charge in [0.2, 0.25) is 0 Å². The molecule has 0 fully saturated rings. The second-order valence-corrected chi connectivity index (χ2v) is 3.10. The number of thiazole rings is 1. The molecule has 0 aliphatic heterocycles. The molecule has 0 saturated heterocycles. The third-order valence-corrected chi connectivity index (χ3v) is 2.26. The normalized spacial score (nSPS) is 10.2. The third-order valence-electron chi connectivity index (χ3n) is 1.41. The first-order chi connectivity index (χ1) is 6.27. The van der Waals surface area contributed by atoms with E-state index in [9.17, 15) is 10.1 Å². The Labute approximate surface area is 76.8 Å². The lowest BCUT2D eigenvalue weighted by molar-refractivity contribution is -0.389. The molecular weight excluding hydrogens is 192 g/mol. The van der Waals surface area contributed by atoms with Gasteiger partial charge in [-0.15, -0.1) is 0 Å². The van der Waals surface area contributed by atoms with E-state index in [0.29, 0.717) is 10.8 Å². The molecule has 0 aliphatic carbocycles. The fraction of sp³-hybridized carbons (Fsp3) is 0. The Morgan fingerprint density at radius 1 is 1.62 bits per heavy atom. The summed E-state index contributed by atoms with van der Waals surface area (Å²) in [5.41, 5.74) is 0. The van der Waals surface area contributed by atoms with Crippen LogP contribution in [0.1, 0.15) is 0 Å². The van der Waals surface area contributed by atoms with Crippen LogP contribution in [-0.2, 0) is 0 Å². The van der Waals surface area contributed by atoms with E-state index in [-0.39, 0.29) is 5.82 Å². The zero-order valence-corrected chi connectivity index (χ0v) is 7.15. The molecular formula is C7H4N2O3S. The highest BCUT2D eigenvalue weighted by Gasteiger charge is 2.16. The fourth-order valence-electron chi connectivity index (χ4n) is 0.863. The Kier molecular flexibility index (Phi) is 1.82. The van der Waals surface area contributed by atoms with Gasteiger partial charge in [-0.2, -0.15) is 0 Å². The summed E-state index contributed by atoms with van der Waals surface area (Å²) >= 11 is 1.19. The van der Waals surface area contributed by atoms with Gasteiger partial charge in [0.25, 0.3) is 5.01 Å². The Balaban J connectivity index is 2.39. The van der Waals surface area contributed by atoms with E-state index in [0.717, 1.165) is 0 Å². The van der Waals surface area contributed by atoms with Gasteiger partial charge in [0.05, 0.1) is 11.6 Å². The van der Waals surface area contributed by atoms with E-state index in [1.54, 1.807) is 12.1 Å². The van der Waals surface area contributed by atoms with Gasteiger partial charge in [0, 0.05) is 0 Å². The van der Waals surface area contributed by atoms with Crippen molar-refractivity contribution in [3.05, 3.63) is 33.9 Å². The van der Waals surface area contributed by atoms with Gasteiger partial charge < -0.3 is 14.5 Å². The van der Waals surface area contributed by atoms with Crippen LogP contribution in [0.15, 0.2) is 28.2 Å². The largest absolute Gasteiger partial charge is 0.459 e. The van der Waals surface area contributed by atoms with Crippen molar-refractivity contribution >= 4 is 17.2 Å². The quantitative estimate of drug-likeness (QED) is 0.545. The predicted octanol–water partition coefficient (Wildman–Crippen LogP) is 2.31. The molecule has 0 amide bonds. The fourth-order valence-corrected chi connectivity index (χ4v) is 1.60. The molecule has 0 aromatic carbocycles. The summed E-state index contributed by atoms with van der Waals surface area (Å²) in [6.07, 6.45) is 1.50. The molecule has 5 nitrogen and oxygen atoms in total. The highest BCUT2D eigenvalue weighted by atomic mass is 32.1. The Bertz CT molecular complexity index is 421. The van der Waals surface area contributed by atoms with E-state index in [1.807, 2.05) is 0 Å². The van der Waals surface area contributed by atoms with E-state index in [2.05, 4.69) is 4.98 Å². The van der Waals surface area contributed by atoms with Crippen molar-refractivity contribution in [3.63, 3.8) is 0 Å². The Morgan fingerprint density at radius 2 is 2.46 bits per heavy atom. The molecule has 0 saturated carbocycles. The molecule has 0 aliphatic rings. The minimum atomic E-state index is -0.525. The lowest BCUT2D eigenvalue weighted by atomic mass is 10.5. The Morgan fingerprint density at radius 3 is 3.00 bits per heavy atom. The Hall–Kier alpha value is -1.69. The summed E-state index contributed by atoms with van der Waals surface area (Å²) in [5, 5.41) is 12.2. The van der Waals surface area contributed by atoms with Crippen LogP contribution in [0.25, 0.3) is 10.8 Å². The van der Waals surface area contributed by atoms with Gasteiger partial charge in [-0.05, 0) is 22.0 Å². The molecule has 2 aromatic rings. The molecule has 0 radical (unpaired) electrons. The van der Waals surface area contributed by atoms with Crippen molar-refractivity contribution in [1.82, 2.24) is 4.98 Å². The molecule has 2 aromatic heterocycles. The smallest absolute Gasteiger partial charge is 0.375 e. The minimum absolute atomic E-state index is 0.142. The van der Waals surface area contributed by atoms with Gasteiger partial charge >= 0.3 is 5.82 Å². The summed E-state index contributed by atoms with van der Waals surface area (Å²) in [6, 6.07) is 3.42. The van der Waals surface area contributed by atoms with Crippen LogP contribution in [0.4, 0.5) is 5.82 Å². The maximum absolute atomic E-state index is 10.3. The molecule has 66 valence electrons. The van der Waals surface area contributed by atoms with E-state index in [1.165, 1.54) is 23.0 Å². The van der Waals surface area contributed by atoms with Crippen LogP contribution in [0.5, 0.6) is 0 Å². The lowest BCUT2D eigenvalue weighted by Crippen LogP contribution is -1.86. The second-order valence-electron chi connectivity index (χ2n) is 2.25. The number of nitrogens with zero attached hydrogens (tertiary/aromatic N) is 2. The minimum Gasteiger partial charge on any atom is -0.459 e. The van der Waals surface area contributed by atoms with E-state index < -0.39 is 4.92 Å². The average Bonchev–Trinajstić information content (AvgIpc) is 2.75. The zero-order chi connectivity index (χ0) is 9.26. The number of nitro groups is 1. The summed E-state index contributed by atoms with van der Waals surface area (Å²) < 4.78 is 5.04. The van der Waals surface area contributed by atoms with Gasteiger partial charge in [-0.25, -0.2) is 0 Å². The summed E-state index contributed by atoms with van der Waals surface area (Å²) in [4.78, 5) is 13.6. The first kappa shape index (κ1) is 7.93. The summed E-state index contributed by atoms with van der Waals surface area (Å²) in [6.45, 7) is 0. The molecule has 0 N–H and O–H groups in total. The number of rotatable bonds is 2. The van der Waals surface area contributed by atoms with Gasteiger partial charge in [0.1, 0.15) is 0 Å². The van der Waals surface area contributed by atoms with Crippen molar-refractivity contribution in [3.8, 4) is 10.8 Å². The van der Waals surface area contributed by atoms with Crippen molar-refractivity contribution in [1.29, 1.82) is 0 Å². The van der Waals surface area contributed by atoms with Crippen molar-refractivity contribution in [2.24, 2.45) is 0 Å². The lowest BCUT2D eigenvalue weighted by Gasteiger charge is -1.82. The first-order valence-corrected chi connectivity index (χ1v) is 4.29. The molecule has 0 bridgehead atoms. The van der Waals surface area contributed by atoms with Crippen molar-refractivity contribution < 1.29 is 9.34 Å². The number of furan rings is 1. The number of aromatic nitrogens is 1. The van der Waals surface area contributed by atoms with E-state index >= 15 is 0 Å². The van der Waals surface area contributed by atoms with Gasteiger partial charge in [-0.1, -0.05) is 11.3 Å². The third kappa shape index (κ3) is 1.43. The molecule has 6 heteroatoms. The van der Waals surface area contributed by atoms with Crippen LogP contribution in [-0.4, -0.2) is 9.91 Å². The molecule has 0 atom stereocenters. The van der Waals surface area contributed by atoms with Crippen molar-refractivity contribution in [2.75, 3.05) is 0 Å². The molecule has 0 spiro atoms. The topological polar surface area (TPSA) is 69.2 Å². The molecule has 2 heterocycles. The monoisotopic (exact) mass is 196 g/mol. The first-order valence-electron chi connectivity index (χ1n) is 3.41. The predicted molar refractivity (Wildman–Crippen MR) is 46.5 cm³/mol. The van der Waals surface area contributed by atoms with Crippen LogP contribution < -0.4 is 0 Å². The van der Waals surface area contributed by atoms with Gasteiger partial charge in [-0.3, -0.25) is 0 Å². The second kappa shape index (κ2) is 2.98. The van der Waals surface area contributed by atoms with Gasteiger partial charge in [0.15, 0.2) is 5.76 Å². The summed E-state index contributed by atoms with van der Waals surface area (Å²) in [5.74, 6) is 0.412. The van der Waals surface area contributed by atoms with Crippen LogP contribution in [0.2, 0.25) is 0 Å². The SMILES string of the molecule is O=[N+]([O-])c1csc(-c2ccco2)n1. The highest BCUT2D eigenvalue weighted by molar-refractivity contribution is 7.13. The molecule has 13 heavy (non-hydrogen) atoms. The van der Waals surface area contributed by atoms with E-state index in [4.69, 9.17) is 4.42 Å². The number of hydrogen-bond acceptors (Lipinski definition) is 5. The standard InChI is InChI=1S/C7H4N2O3S/c10-9(11)6-4-13-7(8-6)5-2-1-3-12-5/h1-4H. The number of hydrogen-bond donors (Lipinski definition) is 0.